The first-order valence-electron chi connectivity index (χ1n) is 7.16. The summed E-state index contributed by atoms with van der Waals surface area (Å²) in [7, 11) is 0. The molecule has 0 aliphatic rings. The SMILES string of the molecule is CCC(=Cc1ccc(C=CC(=O)OC(C)(C)C)cc1)C(=O)O. The highest BCUT2D eigenvalue weighted by Gasteiger charge is 2.13. The highest BCUT2D eigenvalue weighted by molar-refractivity contribution is 5.92. The first kappa shape index (κ1) is 17.7. The number of esters is 1. The van der Waals surface area contributed by atoms with Gasteiger partial charge in [0, 0.05) is 11.6 Å². The molecule has 0 aliphatic carbocycles. The van der Waals surface area contributed by atoms with E-state index in [0.717, 1.165) is 11.1 Å². The molecule has 0 aliphatic heterocycles. The van der Waals surface area contributed by atoms with Gasteiger partial charge in [0.05, 0.1) is 0 Å². The molecule has 0 saturated heterocycles. The van der Waals surface area contributed by atoms with Crippen LogP contribution < -0.4 is 0 Å². The summed E-state index contributed by atoms with van der Waals surface area (Å²) >= 11 is 0. The lowest BCUT2D eigenvalue weighted by atomic mass is 10.1. The van der Waals surface area contributed by atoms with Crippen LogP contribution in [-0.2, 0) is 14.3 Å². The number of ether oxygens (including phenoxy) is 1. The fraction of sp³-hybridized carbons (Fsp3) is 0.333. The molecule has 0 heterocycles. The van der Waals surface area contributed by atoms with E-state index >= 15 is 0 Å². The van der Waals surface area contributed by atoms with Crippen molar-refractivity contribution >= 4 is 24.1 Å². The maximum atomic E-state index is 11.6. The topological polar surface area (TPSA) is 63.6 Å². The summed E-state index contributed by atoms with van der Waals surface area (Å²) < 4.78 is 5.18. The lowest BCUT2D eigenvalue weighted by molar-refractivity contribution is -0.148. The lowest BCUT2D eigenvalue weighted by Gasteiger charge is -2.17. The van der Waals surface area contributed by atoms with Crippen molar-refractivity contribution in [2.45, 2.75) is 39.7 Å². The van der Waals surface area contributed by atoms with Crippen LogP contribution in [0.25, 0.3) is 12.2 Å². The Labute approximate surface area is 131 Å². The van der Waals surface area contributed by atoms with Crippen LogP contribution in [0.1, 0.15) is 45.2 Å². The molecule has 1 rings (SSSR count). The van der Waals surface area contributed by atoms with Gasteiger partial charge in [0.15, 0.2) is 0 Å². The molecular weight excluding hydrogens is 280 g/mol. The summed E-state index contributed by atoms with van der Waals surface area (Å²) in [5, 5.41) is 9.00. The normalized spacial score (nSPS) is 12.5. The molecule has 0 fully saturated rings. The molecular formula is C18H22O4. The summed E-state index contributed by atoms with van der Waals surface area (Å²) in [6.45, 7) is 7.24. The van der Waals surface area contributed by atoms with E-state index in [0.29, 0.717) is 12.0 Å². The summed E-state index contributed by atoms with van der Waals surface area (Å²) in [4.78, 5) is 22.5. The number of aliphatic carboxylic acids is 1. The fourth-order valence-electron chi connectivity index (χ4n) is 1.72. The first-order valence-corrected chi connectivity index (χ1v) is 7.16. The molecule has 0 radical (unpaired) electrons. The van der Waals surface area contributed by atoms with Crippen molar-refractivity contribution in [3.8, 4) is 0 Å². The van der Waals surface area contributed by atoms with Gasteiger partial charge in [0.1, 0.15) is 5.60 Å². The van der Waals surface area contributed by atoms with E-state index in [1.54, 1.807) is 19.1 Å². The lowest BCUT2D eigenvalue weighted by Crippen LogP contribution is -2.22. The minimum Gasteiger partial charge on any atom is -0.478 e. The quantitative estimate of drug-likeness (QED) is 0.661. The molecule has 0 unspecified atom stereocenters. The maximum Gasteiger partial charge on any atom is 0.331 e. The Morgan fingerprint density at radius 2 is 1.68 bits per heavy atom. The number of carbonyl (C=O) groups excluding carboxylic acids is 1. The summed E-state index contributed by atoms with van der Waals surface area (Å²) in [6, 6.07) is 7.27. The van der Waals surface area contributed by atoms with Crippen molar-refractivity contribution in [2.24, 2.45) is 0 Å². The van der Waals surface area contributed by atoms with E-state index in [1.807, 2.05) is 45.0 Å². The molecule has 0 saturated carbocycles. The molecule has 0 atom stereocenters. The van der Waals surface area contributed by atoms with E-state index < -0.39 is 17.5 Å². The van der Waals surface area contributed by atoms with Crippen LogP contribution in [0.15, 0.2) is 35.9 Å². The highest BCUT2D eigenvalue weighted by Crippen LogP contribution is 2.13. The van der Waals surface area contributed by atoms with Gasteiger partial charge in [-0.3, -0.25) is 0 Å². The van der Waals surface area contributed by atoms with Gasteiger partial charge < -0.3 is 9.84 Å². The summed E-state index contributed by atoms with van der Waals surface area (Å²) in [5.74, 6) is -1.30. The van der Waals surface area contributed by atoms with Crippen molar-refractivity contribution in [1.82, 2.24) is 0 Å². The van der Waals surface area contributed by atoms with Crippen molar-refractivity contribution in [1.29, 1.82) is 0 Å². The fourth-order valence-corrected chi connectivity index (χ4v) is 1.72. The Hall–Kier alpha value is -2.36. The number of rotatable bonds is 5. The van der Waals surface area contributed by atoms with Gasteiger partial charge in [-0.2, -0.15) is 0 Å². The van der Waals surface area contributed by atoms with E-state index in [2.05, 4.69) is 0 Å². The zero-order chi connectivity index (χ0) is 16.8. The smallest absolute Gasteiger partial charge is 0.331 e. The molecule has 1 N–H and O–H groups in total. The number of carboxylic acids is 1. The highest BCUT2D eigenvalue weighted by atomic mass is 16.6. The van der Waals surface area contributed by atoms with Crippen LogP contribution in [0.4, 0.5) is 0 Å². The van der Waals surface area contributed by atoms with Gasteiger partial charge in [0.25, 0.3) is 0 Å². The Bertz CT molecular complexity index is 587. The molecule has 1 aromatic rings. The van der Waals surface area contributed by atoms with Crippen molar-refractivity contribution in [3.05, 3.63) is 47.0 Å². The van der Waals surface area contributed by atoms with Crippen LogP contribution in [-0.4, -0.2) is 22.6 Å². The zero-order valence-corrected chi connectivity index (χ0v) is 13.4. The predicted molar refractivity (Wildman–Crippen MR) is 87.2 cm³/mol. The number of hydrogen-bond acceptors (Lipinski definition) is 3. The number of carbonyl (C=O) groups is 2. The standard InChI is InChI=1S/C18H22O4/c1-5-15(17(20)21)12-14-8-6-13(7-9-14)10-11-16(19)22-18(2,3)4/h6-12H,5H2,1-4H3,(H,20,21). The van der Waals surface area contributed by atoms with Crippen molar-refractivity contribution in [3.63, 3.8) is 0 Å². The summed E-state index contributed by atoms with van der Waals surface area (Å²) in [6.07, 6.45) is 5.16. The van der Waals surface area contributed by atoms with Crippen LogP contribution >= 0.6 is 0 Å². The van der Waals surface area contributed by atoms with E-state index in [4.69, 9.17) is 9.84 Å². The predicted octanol–water partition coefficient (Wildman–Crippen LogP) is 3.92. The third-order valence-corrected chi connectivity index (χ3v) is 2.75. The van der Waals surface area contributed by atoms with Crippen LogP contribution in [0.5, 0.6) is 0 Å². The average Bonchev–Trinajstić information content (AvgIpc) is 2.41. The minimum atomic E-state index is -0.906. The van der Waals surface area contributed by atoms with Gasteiger partial charge in [-0.15, -0.1) is 0 Å². The van der Waals surface area contributed by atoms with E-state index in [-0.39, 0.29) is 0 Å². The molecule has 4 heteroatoms. The number of benzene rings is 1. The molecule has 0 amide bonds. The molecule has 0 aromatic heterocycles. The molecule has 0 bridgehead atoms. The van der Waals surface area contributed by atoms with Crippen LogP contribution in [0, 0.1) is 0 Å². The second-order valence-electron chi connectivity index (χ2n) is 5.86. The molecule has 118 valence electrons. The maximum absolute atomic E-state index is 11.6. The largest absolute Gasteiger partial charge is 0.478 e. The second kappa shape index (κ2) is 7.59. The Balaban J connectivity index is 2.77. The Morgan fingerprint density at radius 3 is 2.14 bits per heavy atom. The Morgan fingerprint density at radius 1 is 1.14 bits per heavy atom. The zero-order valence-electron chi connectivity index (χ0n) is 13.4. The van der Waals surface area contributed by atoms with Gasteiger partial charge >= 0.3 is 11.9 Å². The molecule has 0 spiro atoms. The second-order valence-corrected chi connectivity index (χ2v) is 5.86. The summed E-state index contributed by atoms with van der Waals surface area (Å²) in [5.41, 5.74) is 1.51. The van der Waals surface area contributed by atoms with Gasteiger partial charge in [-0.25, -0.2) is 9.59 Å². The van der Waals surface area contributed by atoms with E-state index in [9.17, 15) is 9.59 Å². The third kappa shape index (κ3) is 6.39. The molecule has 22 heavy (non-hydrogen) atoms. The molecule has 4 nitrogen and oxygen atoms in total. The van der Waals surface area contributed by atoms with Gasteiger partial charge in [-0.1, -0.05) is 31.2 Å². The Kier molecular flexibility index (Phi) is 6.11. The van der Waals surface area contributed by atoms with Gasteiger partial charge in [0.2, 0.25) is 0 Å². The number of carboxylic acid groups (broad SMARTS) is 1. The van der Waals surface area contributed by atoms with Crippen molar-refractivity contribution in [2.75, 3.05) is 0 Å². The minimum absolute atomic E-state index is 0.358. The van der Waals surface area contributed by atoms with E-state index in [1.165, 1.54) is 6.08 Å². The van der Waals surface area contributed by atoms with Gasteiger partial charge in [-0.05, 0) is 50.5 Å². The average molecular weight is 302 g/mol. The number of hydrogen-bond donors (Lipinski definition) is 1. The molecule has 1 aromatic carbocycles. The van der Waals surface area contributed by atoms with Crippen LogP contribution in [0.2, 0.25) is 0 Å². The third-order valence-electron chi connectivity index (χ3n) is 2.75. The van der Waals surface area contributed by atoms with Crippen molar-refractivity contribution < 1.29 is 19.4 Å². The first-order chi connectivity index (χ1) is 10.2. The monoisotopic (exact) mass is 302 g/mol. The van der Waals surface area contributed by atoms with Crippen LogP contribution in [0.3, 0.4) is 0 Å².